The van der Waals surface area contributed by atoms with E-state index in [4.69, 9.17) is 0 Å². The average molecular weight is 281 g/mol. The van der Waals surface area contributed by atoms with Crippen LogP contribution in [0.25, 0.3) is 0 Å². The number of aryl methyl sites for hydroxylation is 1. The van der Waals surface area contributed by atoms with Crippen LogP contribution < -0.4 is 5.32 Å². The summed E-state index contributed by atoms with van der Waals surface area (Å²) in [7, 11) is -0.846. The molecule has 0 spiro atoms. The second-order valence-corrected chi connectivity index (χ2v) is 6.64. The lowest BCUT2D eigenvalue weighted by Gasteiger charge is -2.16. The molecule has 1 rings (SSSR count). The molecule has 0 radical (unpaired) electrons. The Morgan fingerprint density at radius 1 is 1.32 bits per heavy atom. The molecule has 0 aliphatic carbocycles. The first kappa shape index (κ1) is 16.4. The molecule has 0 saturated carbocycles. The lowest BCUT2D eigenvalue weighted by atomic mass is 10.1. The average Bonchev–Trinajstić information content (AvgIpc) is 2.42. The van der Waals surface area contributed by atoms with Gasteiger partial charge in [-0.15, -0.1) is 0 Å². The summed E-state index contributed by atoms with van der Waals surface area (Å²) in [6, 6.07) is 8.61. The number of rotatable bonds is 9. The molecule has 0 aromatic heterocycles. The normalized spacial score (nSPS) is 14.3. The van der Waals surface area contributed by atoms with Crippen molar-refractivity contribution in [1.82, 2.24) is 5.32 Å². The number of hydrogen-bond acceptors (Lipinski definition) is 2. The quantitative estimate of drug-likeness (QED) is 0.748. The fraction of sp³-hybridized carbons (Fsp3) is 0.625. The summed E-state index contributed by atoms with van der Waals surface area (Å²) in [5, 5.41) is 3.54. The maximum absolute atomic E-state index is 12.2. The van der Waals surface area contributed by atoms with E-state index in [0.717, 1.165) is 36.5 Å². The van der Waals surface area contributed by atoms with Crippen molar-refractivity contribution < 1.29 is 4.21 Å². The predicted molar refractivity (Wildman–Crippen MR) is 84.1 cm³/mol. The summed E-state index contributed by atoms with van der Waals surface area (Å²) in [4.78, 5) is 0.967. The maximum atomic E-state index is 12.2. The van der Waals surface area contributed by atoms with Crippen LogP contribution in [0.5, 0.6) is 0 Å². The van der Waals surface area contributed by atoms with E-state index in [9.17, 15) is 4.21 Å². The molecule has 0 saturated heterocycles. The van der Waals surface area contributed by atoms with E-state index in [1.807, 2.05) is 31.2 Å². The minimum atomic E-state index is -0.846. The third-order valence-electron chi connectivity index (χ3n) is 3.31. The summed E-state index contributed by atoms with van der Waals surface area (Å²) >= 11 is 0. The highest BCUT2D eigenvalue weighted by atomic mass is 32.2. The first-order valence-electron chi connectivity index (χ1n) is 7.35. The summed E-state index contributed by atoms with van der Waals surface area (Å²) < 4.78 is 12.2. The zero-order valence-corrected chi connectivity index (χ0v) is 13.3. The van der Waals surface area contributed by atoms with Gasteiger partial charge in [-0.05, 0) is 56.8 Å². The predicted octanol–water partition coefficient (Wildman–Crippen LogP) is 3.66. The standard InChI is InChI=1S/C16H27NOS/c1-4-11-17-15(5-2)9-7-12-19(18)16-10-6-8-14(3)13-16/h6,8,10,13,15,17H,4-5,7,9,11-12H2,1-3H3. The van der Waals surface area contributed by atoms with Crippen LogP contribution in [0.4, 0.5) is 0 Å². The Bertz CT molecular complexity index is 392. The summed E-state index contributed by atoms with van der Waals surface area (Å²) in [6.07, 6.45) is 4.46. The van der Waals surface area contributed by atoms with Gasteiger partial charge in [-0.25, -0.2) is 0 Å². The van der Waals surface area contributed by atoms with Crippen LogP contribution in [0, 0.1) is 6.92 Å². The second-order valence-electron chi connectivity index (χ2n) is 5.07. The number of hydrogen-bond donors (Lipinski definition) is 1. The Labute approximate surface area is 120 Å². The van der Waals surface area contributed by atoms with Crippen LogP contribution in [-0.4, -0.2) is 22.5 Å². The fourth-order valence-corrected chi connectivity index (χ4v) is 3.35. The van der Waals surface area contributed by atoms with Crippen LogP contribution in [0.15, 0.2) is 29.2 Å². The summed E-state index contributed by atoms with van der Waals surface area (Å²) in [5.74, 6) is 0.772. The van der Waals surface area contributed by atoms with Gasteiger partial charge >= 0.3 is 0 Å². The van der Waals surface area contributed by atoms with Gasteiger partial charge in [0, 0.05) is 16.7 Å². The summed E-state index contributed by atoms with van der Waals surface area (Å²) in [5.41, 5.74) is 1.18. The third kappa shape index (κ3) is 6.35. The van der Waals surface area contributed by atoms with E-state index < -0.39 is 10.8 Å². The van der Waals surface area contributed by atoms with Crippen molar-refractivity contribution >= 4 is 10.8 Å². The van der Waals surface area contributed by atoms with Gasteiger partial charge in [0.15, 0.2) is 0 Å². The number of benzene rings is 1. The van der Waals surface area contributed by atoms with Gasteiger partial charge in [-0.3, -0.25) is 4.21 Å². The van der Waals surface area contributed by atoms with Crippen molar-refractivity contribution in [2.45, 2.75) is 57.4 Å². The monoisotopic (exact) mass is 281 g/mol. The molecule has 1 aromatic carbocycles. The van der Waals surface area contributed by atoms with Crippen LogP contribution in [0.2, 0.25) is 0 Å². The van der Waals surface area contributed by atoms with Gasteiger partial charge in [0.1, 0.15) is 0 Å². The fourth-order valence-electron chi connectivity index (χ4n) is 2.13. The Hall–Kier alpha value is -0.670. The van der Waals surface area contributed by atoms with Gasteiger partial charge in [-0.2, -0.15) is 0 Å². The van der Waals surface area contributed by atoms with E-state index >= 15 is 0 Å². The molecule has 2 atom stereocenters. The topological polar surface area (TPSA) is 29.1 Å². The van der Waals surface area contributed by atoms with Gasteiger partial charge in [-0.1, -0.05) is 26.0 Å². The minimum absolute atomic E-state index is 0.578. The molecule has 0 heterocycles. The van der Waals surface area contributed by atoms with Gasteiger partial charge in [0.05, 0.1) is 10.8 Å². The van der Waals surface area contributed by atoms with E-state index in [-0.39, 0.29) is 0 Å². The first-order valence-corrected chi connectivity index (χ1v) is 8.67. The van der Waals surface area contributed by atoms with Crippen molar-refractivity contribution in [2.24, 2.45) is 0 Å². The molecule has 0 amide bonds. The highest BCUT2D eigenvalue weighted by molar-refractivity contribution is 7.85. The Kier molecular flexibility index (Phi) is 7.99. The van der Waals surface area contributed by atoms with E-state index in [2.05, 4.69) is 19.2 Å². The highest BCUT2D eigenvalue weighted by Gasteiger charge is 2.08. The van der Waals surface area contributed by atoms with E-state index in [1.165, 1.54) is 12.0 Å². The van der Waals surface area contributed by atoms with Crippen molar-refractivity contribution in [1.29, 1.82) is 0 Å². The van der Waals surface area contributed by atoms with Crippen LogP contribution >= 0.6 is 0 Å². The zero-order chi connectivity index (χ0) is 14.1. The Balaban J connectivity index is 2.34. The molecular weight excluding hydrogens is 254 g/mol. The van der Waals surface area contributed by atoms with Gasteiger partial charge in [0.2, 0.25) is 0 Å². The van der Waals surface area contributed by atoms with Crippen molar-refractivity contribution in [2.75, 3.05) is 12.3 Å². The molecule has 108 valence electrons. The van der Waals surface area contributed by atoms with Crippen LogP contribution in [-0.2, 0) is 10.8 Å². The molecule has 2 unspecified atom stereocenters. The van der Waals surface area contributed by atoms with Crippen LogP contribution in [0.1, 0.15) is 45.1 Å². The van der Waals surface area contributed by atoms with Crippen molar-refractivity contribution in [3.63, 3.8) is 0 Å². The zero-order valence-electron chi connectivity index (χ0n) is 12.4. The molecule has 0 fully saturated rings. The maximum Gasteiger partial charge on any atom is 0.0529 e. The molecule has 1 N–H and O–H groups in total. The van der Waals surface area contributed by atoms with E-state index in [0.29, 0.717) is 6.04 Å². The highest BCUT2D eigenvalue weighted by Crippen LogP contribution is 2.11. The smallest absolute Gasteiger partial charge is 0.0529 e. The molecule has 1 aromatic rings. The van der Waals surface area contributed by atoms with Gasteiger partial charge < -0.3 is 5.32 Å². The van der Waals surface area contributed by atoms with Crippen LogP contribution in [0.3, 0.4) is 0 Å². The van der Waals surface area contributed by atoms with Crippen molar-refractivity contribution in [3.05, 3.63) is 29.8 Å². The molecule has 3 heteroatoms. The SMILES string of the molecule is CCCNC(CC)CCCS(=O)c1cccc(C)c1. The lowest BCUT2D eigenvalue weighted by Crippen LogP contribution is -2.29. The third-order valence-corrected chi connectivity index (χ3v) is 4.75. The molecular formula is C16H27NOS. The largest absolute Gasteiger partial charge is 0.314 e. The Morgan fingerprint density at radius 3 is 2.74 bits per heavy atom. The minimum Gasteiger partial charge on any atom is -0.314 e. The van der Waals surface area contributed by atoms with Crippen molar-refractivity contribution in [3.8, 4) is 0 Å². The molecule has 0 aliphatic heterocycles. The van der Waals surface area contributed by atoms with Gasteiger partial charge in [0.25, 0.3) is 0 Å². The molecule has 19 heavy (non-hydrogen) atoms. The molecule has 0 bridgehead atoms. The lowest BCUT2D eigenvalue weighted by molar-refractivity contribution is 0.464. The first-order chi connectivity index (χ1) is 9.17. The van der Waals surface area contributed by atoms with E-state index in [1.54, 1.807) is 0 Å². The molecule has 0 aliphatic rings. The Morgan fingerprint density at radius 2 is 2.11 bits per heavy atom. The summed E-state index contributed by atoms with van der Waals surface area (Å²) in [6.45, 7) is 7.53. The number of nitrogens with one attached hydrogen (secondary N) is 1. The molecule has 2 nitrogen and oxygen atoms in total. The second kappa shape index (κ2) is 9.27.